The number of carbonyl (C=O) groups is 11. The summed E-state index contributed by atoms with van der Waals surface area (Å²) in [5.74, 6) is -18.0. The molecule has 122 heavy (non-hydrogen) atoms. The van der Waals surface area contributed by atoms with Gasteiger partial charge in [-0.25, -0.2) is 19.2 Å². The van der Waals surface area contributed by atoms with Crippen molar-refractivity contribution in [1.29, 1.82) is 0 Å². The van der Waals surface area contributed by atoms with Gasteiger partial charge in [0.05, 0.1) is 77.4 Å². The van der Waals surface area contributed by atoms with Crippen LogP contribution in [-0.2, 0) is 171 Å². The van der Waals surface area contributed by atoms with Gasteiger partial charge in [-0.15, -0.1) is 0 Å². The van der Waals surface area contributed by atoms with Gasteiger partial charge in [0.2, 0.25) is 5.91 Å². The van der Waals surface area contributed by atoms with Crippen molar-refractivity contribution < 1.29 is 147 Å². The molecule has 17 atom stereocenters. The first-order valence-corrected chi connectivity index (χ1v) is 43.3. The van der Waals surface area contributed by atoms with Gasteiger partial charge in [-0.3, -0.25) is 33.6 Å². The van der Waals surface area contributed by atoms with Gasteiger partial charge in [0.25, 0.3) is 11.6 Å². The SMILES string of the molecule is COC(=O)[C@@]1(O[C@H]2C[C@](OC[C@H]3O[C@@H](OCC[Si](C)(C)C)[C@H](OCc4ccccc4)[C@@H](OCc4ccccc4)[C@@H]3OCc3ccccc3)(C(=O)OC)O[C@@H]([C@H](OC(C)=O)[C@@H](COC(=O)c3ccccc3)OC(C)=O)[C@@H]2NC(=O)OCc2ccccc2)C[C@H](OC(C)=O)[C@@H](NC(=O)COCc2ccccc2)[C@H]([C@H](OC(C)=O)[C@@H](COC(C)=O)OC(C)=O)O1. The molecule has 0 bridgehead atoms. The van der Waals surface area contributed by atoms with E-state index in [1.807, 2.05) is 78.9 Å². The fourth-order valence-corrected chi connectivity index (χ4v) is 14.7. The highest BCUT2D eigenvalue weighted by atomic mass is 28.3. The predicted molar refractivity (Wildman–Crippen MR) is 430 cm³/mol. The molecule has 6 aromatic carbocycles. The van der Waals surface area contributed by atoms with E-state index in [9.17, 15) is 38.4 Å². The second kappa shape index (κ2) is 46.4. The minimum atomic E-state index is -3.30. The topological polar surface area (TPSA) is 396 Å². The zero-order chi connectivity index (χ0) is 87.9. The molecule has 0 unspecified atom stereocenters. The van der Waals surface area contributed by atoms with Gasteiger partial charge in [0.1, 0.15) is 69.2 Å². The summed E-state index contributed by atoms with van der Waals surface area (Å²) in [5.41, 5.74) is 3.25. The van der Waals surface area contributed by atoms with E-state index in [1.54, 1.807) is 78.9 Å². The Bertz CT molecular complexity index is 4380. The number of methoxy groups -OCH3 is 2. The molecule has 3 aliphatic heterocycles. The van der Waals surface area contributed by atoms with Gasteiger partial charge < -0.3 is 105 Å². The maximum absolute atomic E-state index is 16.0. The number of esters is 9. The van der Waals surface area contributed by atoms with Gasteiger partial charge in [-0.1, -0.05) is 189 Å². The van der Waals surface area contributed by atoms with Crippen molar-refractivity contribution in [1.82, 2.24) is 10.6 Å². The van der Waals surface area contributed by atoms with Crippen LogP contribution in [0.1, 0.15) is 92.6 Å². The molecule has 3 fully saturated rings. The zero-order valence-electron chi connectivity index (χ0n) is 69.8. The first kappa shape index (κ1) is 95.0. The fourth-order valence-electron chi connectivity index (χ4n) is 13.9. The second-order valence-corrected chi connectivity index (χ2v) is 35.8. The van der Waals surface area contributed by atoms with E-state index < -0.39 is 223 Å². The minimum Gasteiger partial charge on any atom is -0.465 e. The van der Waals surface area contributed by atoms with Crippen molar-refractivity contribution >= 4 is 73.8 Å². The van der Waals surface area contributed by atoms with Crippen LogP contribution in [0.3, 0.4) is 0 Å². The highest BCUT2D eigenvalue weighted by Gasteiger charge is 2.66. The second-order valence-electron chi connectivity index (χ2n) is 30.2. The summed E-state index contributed by atoms with van der Waals surface area (Å²) in [6.07, 6.45) is -27.4. The Balaban J connectivity index is 1.29. The number of rotatable bonds is 42. The summed E-state index contributed by atoms with van der Waals surface area (Å²) in [7, 11) is -0.0966. The van der Waals surface area contributed by atoms with E-state index >= 15 is 14.4 Å². The normalized spacial score (nSPS) is 23.5. The number of carbonyl (C=O) groups excluding carboxylic acids is 11. The quantitative estimate of drug-likeness (QED) is 0.0206. The molecular weight excluding hydrogens is 1610 g/mol. The van der Waals surface area contributed by atoms with Gasteiger partial charge in [-0.05, 0) is 46.0 Å². The lowest BCUT2D eigenvalue weighted by Gasteiger charge is -2.53. The zero-order valence-corrected chi connectivity index (χ0v) is 70.8. The lowest BCUT2D eigenvalue weighted by molar-refractivity contribution is -0.369. The molecular formula is C88H106N2O31Si. The number of hydrogen-bond acceptors (Lipinski definition) is 31. The molecule has 3 saturated heterocycles. The maximum atomic E-state index is 16.0. The molecule has 34 heteroatoms. The highest BCUT2D eigenvalue weighted by molar-refractivity contribution is 6.76. The summed E-state index contributed by atoms with van der Waals surface area (Å²) >= 11 is 0. The summed E-state index contributed by atoms with van der Waals surface area (Å²) in [6.45, 7) is 8.06. The van der Waals surface area contributed by atoms with E-state index in [0.717, 1.165) is 66.9 Å². The largest absolute Gasteiger partial charge is 0.465 e. The minimum absolute atomic E-state index is 0.00490. The van der Waals surface area contributed by atoms with Gasteiger partial charge >= 0.3 is 59.8 Å². The lowest BCUT2D eigenvalue weighted by Crippen LogP contribution is -2.73. The fraction of sp³-hybridized carbons (Fsp3) is 0.466. The average Bonchev–Trinajstić information content (AvgIpc) is 0.735. The van der Waals surface area contributed by atoms with Crippen LogP contribution < -0.4 is 10.6 Å². The smallest absolute Gasteiger partial charge is 0.407 e. The first-order chi connectivity index (χ1) is 58.4. The van der Waals surface area contributed by atoms with Crippen LogP contribution >= 0.6 is 0 Å². The van der Waals surface area contributed by atoms with Crippen molar-refractivity contribution in [2.75, 3.05) is 47.3 Å². The Morgan fingerprint density at radius 2 is 0.877 bits per heavy atom. The molecule has 3 aliphatic rings. The van der Waals surface area contributed by atoms with Crippen molar-refractivity contribution in [3.63, 3.8) is 0 Å². The monoisotopic (exact) mass is 1710 g/mol. The van der Waals surface area contributed by atoms with Crippen LogP contribution in [0.25, 0.3) is 0 Å². The third-order valence-electron chi connectivity index (χ3n) is 19.4. The van der Waals surface area contributed by atoms with Crippen molar-refractivity contribution in [3.8, 4) is 0 Å². The van der Waals surface area contributed by atoms with Crippen molar-refractivity contribution in [3.05, 3.63) is 215 Å². The molecule has 0 aliphatic carbocycles. The Morgan fingerprint density at radius 1 is 0.451 bits per heavy atom. The highest BCUT2D eigenvalue weighted by Crippen LogP contribution is 2.45. The Labute approximate surface area is 707 Å². The van der Waals surface area contributed by atoms with Crippen molar-refractivity contribution in [2.45, 2.75) is 216 Å². The Morgan fingerprint density at radius 3 is 1.34 bits per heavy atom. The van der Waals surface area contributed by atoms with Crippen LogP contribution in [0.15, 0.2) is 182 Å². The summed E-state index contributed by atoms with van der Waals surface area (Å²) in [6, 6.07) is 48.7. The Hall–Kier alpha value is -10.9. The van der Waals surface area contributed by atoms with E-state index in [4.69, 9.17) is 94.7 Å². The summed E-state index contributed by atoms with van der Waals surface area (Å²) in [5, 5.41) is 5.39. The molecule has 2 amide bonds. The summed E-state index contributed by atoms with van der Waals surface area (Å²) < 4.78 is 128. The van der Waals surface area contributed by atoms with E-state index in [0.29, 0.717) is 22.7 Å². The molecule has 0 aromatic heterocycles. The Kier molecular flexibility index (Phi) is 36.1. The molecule has 9 rings (SSSR count). The van der Waals surface area contributed by atoms with Crippen LogP contribution in [0.5, 0.6) is 0 Å². The lowest BCUT2D eigenvalue weighted by atomic mass is 9.86. The van der Waals surface area contributed by atoms with Crippen LogP contribution in [0, 0.1) is 0 Å². The van der Waals surface area contributed by atoms with E-state index in [1.165, 1.54) is 24.3 Å². The van der Waals surface area contributed by atoms with Gasteiger partial charge in [0.15, 0.2) is 30.7 Å². The standard InChI is InChI=1S/C88H106N2O31Si/c1-55(91)106-51-69(114-57(3)93)76(116-59(5)95)78-73(89-72(97)54-104-46-61-30-18-12-19-31-61)67(113-56(2)92)44-88(121-78,85(100)103-8)119-68-45-87(84(99)102-7,120-79(74(68)90-86(101)111-50-65-38-26-16-27-39-65)77(117-60(6)96)70(115-58(4)94)52-110-82(98)66-40-28-17-29-41-66)112-53-71-75(107-47-62-32-20-13-21-33-62)80(108-48-63-34-22-14-23-35-63)81(109-49-64-36-24-15-25-37-64)83(118-71)105-42-43-122(9,10)11/h12-41,67-71,73-81,83H,42-54H2,1-11H3,(H,89,97)(H,90,101)/t67-,68-,69+,70+,71+,73+,74+,75+,76+,77+,78+,79+,80-,81+,83+,87+,88+/m0/s1. The number of alkyl carbamates (subject to hydrolysis) is 1. The van der Waals surface area contributed by atoms with E-state index in [2.05, 4.69) is 30.3 Å². The number of ether oxygens (including phenoxy) is 20. The summed E-state index contributed by atoms with van der Waals surface area (Å²) in [4.78, 5) is 158. The van der Waals surface area contributed by atoms with Gasteiger partial charge in [-0.2, -0.15) is 0 Å². The predicted octanol–water partition coefficient (Wildman–Crippen LogP) is 8.62. The molecule has 6 aromatic rings. The number of amides is 2. The molecule has 2 N–H and O–H groups in total. The van der Waals surface area contributed by atoms with Crippen LogP contribution in [0.2, 0.25) is 25.7 Å². The molecule has 658 valence electrons. The third-order valence-corrected chi connectivity index (χ3v) is 21.1. The molecule has 33 nitrogen and oxygen atoms in total. The van der Waals surface area contributed by atoms with Crippen molar-refractivity contribution in [2.24, 2.45) is 0 Å². The molecule has 0 radical (unpaired) electrons. The molecule has 3 heterocycles. The maximum Gasteiger partial charge on any atom is 0.407 e. The number of nitrogens with one attached hydrogen (secondary N) is 2. The average molecular weight is 1720 g/mol. The number of benzene rings is 6. The first-order valence-electron chi connectivity index (χ1n) is 39.6. The van der Waals surface area contributed by atoms with Gasteiger partial charge in [0, 0.05) is 62.6 Å². The molecule has 0 spiro atoms. The number of hydrogen-bond donors (Lipinski definition) is 2. The van der Waals surface area contributed by atoms with Crippen LogP contribution in [0.4, 0.5) is 4.79 Å². The van der Waals surface area contributed by atoms with E-state index in [-0.39, 0.29) is 38.6 Å². The third kappa shape index (κ3) is 28.6. The molecule has 0 saturated carbocycles. The van der Waals surface area contributed by atoms with Crippen LogP contribution in [-0.4, -0.2) is 224 Å².